The summed E-state index contributed by atoms with van der Waals surface area (Å²) in [6.07, 6.45) is 2.43. The standard InChI is InChI=1S/C14H16N4O3/c1-9-5-11(17-10(2)16-9)13-7-18(3-4-20-13)14(19)12-6-15-8-21-12/h5-6,8,13H,3-4,7H2,1-2H3. The SMILES string of the molecule is Cc1cc(C2CN(C(=O)c3cnco3)CCO2)nc(C)n1. The molecule has 1 saturated heterocycles. The Kier molecular flexibility index (Phi) is 3.66. The van der Waals surface area contributed by atoms with Crippen LogP contribution in [-0.2, 0) is 4.74 Å². The summed E-state index contributed by atoms with van der Waals surface area (Å²) in [7, 11) is 0. The zero-order valence-electron chi connectivity index (χ0n) is 11.9. The minimum absolute atomic E-state index is 0.177. The predicted molar refractivity (Wildman–Crippen MR) is 72.6 cm³/mol. The van der Waals surface area contributed by atoms with Gasteiger partial charge in [0.2, 0.25) is 5.76 Å². The highest BCUT2D eigenvalue weighted by Crippen LogP contribution is 2.22. The maximum atomic E-state index is 12.3. The Labute approximate surface area is 122 Å². The second-order valence-corrected chi connectivity index (χ2v) is 4.96. The zero-order chi connectivity index (χ0) is 14.8. The van der Waals surface area contributed by atoms with Crippen LogP contribution in [0.3, 0.4) is 0 Å². The van der Waals surface area contributed by atoms with Gasteiger partial charge in [0.25, 0.3) is 5.91 Å². The predicted octanol–water partition coefficient (Wildman–Crippen LogP) is 1.30. The van der Waals surface area contributed by atoms with Gasteiger partial charge in [-0.1, -0.05) is 0 Å². The van der Waals surface area contributed by atoms with E-state index in [4.69, 9.17) is 9.15 Å². The molecule has 1 aliphatic heterocycles. The van der Waals surface area contributed by atoms with E-state index in [2.05, 4.69) is 15.0 Å². The molecule has 110 valence electrons. The smallest absolute Gasteiger partial charge is 0.291 e. The van der Waals surface area contributed by atoms with Crippen LogP contribution in [0.2, 0.25) is 0 Å². The van der Waals surface area contributed by atoms with Gasteiger partial charge in [-0.15, -0.1) is 0 Å². The van der Waals surface area contributed by atoms with Crippen molar-refractivity contribution in [2.75, 3.05) is 19.7 Å². The van der Waals surface area contributed by atoms with Gasteiger partial charge in [-0.2, -0.15) is 0 Å². The van der Waals surface area contributed by atoms with Gasteiger partial charge in [0.05, 0.1) is 25.0 Å². The van der Waals surface area contributed by atoms with Gasteiger partial charge < -0.3 is 14.1 Å². The molecule has 0 spiro atoms. The molecule has 0 aliphatic carbocycles. The number of ether oxygens (including phenoxy) is 1. The van der Waals surface area contributed by atoms with Crippen molar-refractivity contribution in [3.8, 4) is 0 Å². The molecular weight excluding hydrogens is 272 g/mol. The van der Waals surface area contributed by atoms with E-state index < -0.39 is 0 Å². The van der Waals surface area contributed by atoms with Crippen LogP contribution in [0.25, 0.3) is 0 Å². The lowest BCUT2D eigenvalue weighted by molar-refractivity contribution is -0.0258. The van der Waals surface area contributed by atoms with Crippen LogP contribution < -0.4 is 0 Å². The van der Waals surface area contributed by atoms with Gasteiger partial charge in [0, 0.05) is 12.2 Å². The highest BCUT2D eigenvalue weighted by atomic mass is 16.5. The summed E-state index contributed by atoms with van der Waals surface area (Å²) in [6, 6.07) is 1.89. The van der Waals surface area contributed by atoms with Crippen LogP contribution in [0.1, 0.15) is 33.9 Å². The zero-order valence-corrected chi connectivity index (χ0v) is 11.9. The van der Waals surface area contributed by atoms with E-state index in [0.717, 1.165) is 11.4 Å². The number of hydrogen-bond acceptors (Lipinski definition) is 6. The Bertz CT molecular complexity index is 621. The van der Waals surface area contributed by atoms with Crippen molar-refractivity contribution < 1.29 is 13.9 Å². The van der Waals surface area contributed by atoms with Crippen molar-refractivity contribution in [1.82, 2.24) is 19.9 Å². The number of hydrogen-bond donors (Lipinski definition) is 0. The van der Waals surface area contributed by atoms with Gasteiger partial charge in [0.1, 0.15) is 11.9 Å². The molecule has 1 amide bonds. The number of nitrogens with zero attached hydrogens (tertiary/aromatic N) is 4. The highest BCUT2D eigenvalue weighted by Gasteiger charge is 2.28. The molecule has 3 heterocycles. The van der Waals surface area contributed by atoms with Gasteiger partial charge >= 0.3 is 0 Å². The number of rotatable bonds is 2. The van der Waals surface area contributed by atoms with Crippen molar-refractivity contribution in [3.05, 3.63) is 41.6 Å². The average molecular weight is 288 g/mol. The van der Waals surface area contributed by atoms with E-state index in [-0.39, 0.29) is 17.8 Å². The molecule has 2 aromatic rings. The molecule has 0 saturated carbocycles. The molecule has 1 fully saturated rings. The molecule has 1 aliphatic rings. The lowest BCUT2D eigenvalue weighted by Crippen LogP contribution is -2.42. The van der Waals surface area contributed by atoms with Crippen molar-refractivity contribution in [3.63, 3.8) is 0 Å². The van der Waals surface area contributed by atoms with Gasteiger partial charge in [-0.3, -0.25) is 4.79 Å². The quantitative estimate of drug-likeness (QED) is 0.828. The van der Waals surface area contributed by atoms with Crippen molar-refractivity contribution >= 4 is 5.91 Å². The molecule has 2 aromatic heterocycles. The molecule has 1 unspecified atom stereocenters. The Balaban J connectivity index is 1.78. The summed E-state index contributed by atoms with van der Waals surface area (Å²) in [6.45, 7) is 5.19. The molecular formula is C14H16N4O3. The fourth-order valence-corrected chi connectivity index (χ4v) is 2.40. The number of aromatic nitrogens is 3. The molecule has 7 heteroatoms. The van der Waals surface area contributed by atoms with Crippen LogP contribution >= 0.6 is 0 Å². The fraction of sp³-hybridized carbons (Fsp3) is 0.429. The Hall–Kier alpha value is -2.28. The van der Waals surface area contributed by atoms with Crippen LogP contribution in [0.5, 0.6) is 0 Å². The van der Waals surface area contributed by atoms with Crippen molar-refractivity contribution in [1.29, 1.82) is 0 Å². The second-order valence-electron chi connectivity index (χ2n) is 4.96. The number of carbonyl (C=O) groups excluding carboxylic acids is 1. The maximum absolute atomic E-state index is 12.3. The van der Waals surface area contributed by atoms with E-state index in [0.29, 0.717) is 25.5 Å². The molecule has 21 heavy (non-hydrogen) atoms. The van der Waals surface area contributed by atoms with Crippen LogP contribution in [0, 0.1) is 13.8 Å². The largest absolute Gasteiger partial charge is 0.438 e. The summed E-state index contributed by atoms with van der Waals surface area (Å²) in [5.41, 5.74) is 1.69. The van der Waals surface area contributed by atoms with E-state index in [1.54, 1.807) is 4.90 Å². The first-order chi connectivity index (χ1) is 10.1. The first kappa shape index (κ1) is 13.7. The fourth-order valence-electron chi connectivity index (χ4n) is 2.40. The number of amides is 1. The molecule has 0 bridgehead atoms. The maximum Gasteiger partial charge on any atom is 0.291 e. The summed E-state index contributed by atoms with van der Waals surface area (Å²) in [5, 5.41) is 0. The molecule has 0 radical (unpaired) electrons. The average Bonchev–Trinajstić information content (AvgIpc) is 3.00. The third kappa shape index (κ3) is 2.92. The van der Waals surface area contributed by atoms with E-state index in [1.807, 2.05) is 19.9 Å². The van der Waals surface area contributed by atoms with Gasteiger partial charge in [0.15, 0.2) is 6.39 Å². The monoisotopic (exact) mass is 288 g/mol. The molecule has 0 aromatic carbocycles. The third-order valence-electron chi connectivity index (χ3n) is 3.31. The topological polar surface area (TPSA) is 81.4 Å². The van der Waals surface area contributed by atoms with Crippen molar-refractivity contribution in [2.45, 2.75) is 20.0 Å². The minimum Gasteiger partial charge on any atom is -0.438 e. The molecule has 0 N–H and O–H groups in total. The van der Waals surface area contributed by atoms with Crippen LogP contribution in [0.15, 0.2) is 23.1 Å². The number of morpholine rings is 1. The van der Waals surface area contributed by atoms with Crippen molar-refractivity contribution in [2.24, 2.45) is 0 Å². The van der Waals surface area contributed by atoms with Crippen LogP contribution in [0.4, 0.5) is 0 Å². The van der Waals surface area contributed by atoms with E-state index in [9.17, 15) is 4.79 Å². The lowest BCUT2D eigenvalue weighted by atomic mass is 10.1. The minimum atomic E-state index is -0.244. The summed E-state index contributed by atoms with van der Waals surface area (Å²) < 4.78 is 10.8. The Morgan fingerprint density at radius 3 is 2.95 bits per heavy atom. The van der Waals surface area contributed by atoms with Crippen LogP contribution in [-0.4, -0.2) is 45.5 Å². The number of oxazole rings is 1. The van der Waals surface area contributed by atoms with Gasteiger partial charge in [-0.25, -0.2) is 15.0 Å². The van der Waals surface area contributed by atoms with E-state index in [1.165, 1.54) is 12.6 Å². The lowest BCUT2D eigenvalue weighted by Gasteiger charge is -2.32. The van der Waals surface area contributed by atoms with E-state index >= 15 is 0 Å². The molecule has 7 nitrogen and oxygen atoms in total. The first-order valence-corrected chi connectivity index (χ1v) is 6.75. The Morgan fingerprint density at radius 1 is 1.38 bits per heavy atom. The third-order valence-corrected chi connectivity index (χ3v) is 3.31. The number of aryl methyl sites for hydroxylation is 2. The first-order valence-electron chi connectivity index (χ1n) is 6.75. The molecule has 1 atom stereocenters. The molecule has 3 rings (SSSR count). The normalized spacial score (nSPS) is 18.8. The Morgan fingerprint density at radius 2 is 2.24 bits per heavy atom. The number of carbonyl (C=O) groups is 1. The van der Waals surface area contributed by atoms with Gasteiger partial charge in [-0.05, 0) is 19.9 Å². The summed E-state index contributed by atoms with van der Waals surface area (Å²) >= 11 is 0. The second kappa shape index (κ2) is 5.61. The summed E-state index contributed by atoms with van der Waals surface area (Å²) in [4.78, 5) is 26.4. The highest BCUT2D eigenvalue weighted by molar-refractivity contribution is 5.91. The summed E-state index contributed by atoms with van der Waals surface area (Å²) in [5.74, 6) is 0.765.